The Labute approximate surface area is 72.1 Å². The molecule has 0 amide bonds. The molecule has 1 aromatic rings. The van der Waals surface area contributed by atoms with Crippen LogP contribution in [0.1, 0.15) is 5.69 Å². The molecule has 1 rings (SSSR count). The van der Waals surface area contributed by atoms with Gasteiger partial charge in [0.05, 0.1) is 0 Å². The summed E-state index contributed by atoms with van der Waals surface area (Å²) in [5, 5.41) is 0.553. The Bertz CT molecular complexity index is 310. The van der Waals surface area contributed by atoms with Gasteiger partial charge in [-0.05, 0) is 12.2 Å². The van der Waals surface area contributed by atoms with Gasteiger partial charge in [0.25, 0.3) is 0 Å². The van der Waals surface area contributed by atoms with Crippen molar-refractivity contribution in [2.75, 3.05) is 5.73 Å². The van der Waals surface area contributed by atoms with Gasteiger partial charge < -0.3 is 16.5 Å². The fraction of sp³-hybridized carbons (Fsp3) is 0. The van der Waals surface area contributed by atoms with E-state index < -0.39 is 0 Å². The first-order chi connectivity index (χ1) is 4.61. The topological polar surface area (TPSA) is 67.8 Å². The van der Waals surface area contributed by atoms with E-state index in [-0.39, 0.29) is 4.99 Å². The number of hydrogen-bond acceptors (Lipinski definition) is 4. The Hall–Kier alpha value is -0.460. The molecule has 0 spiro atoms. The second kappa shape index (κ2) is 2.65. The molecular weight excluding hydrogens is 186 g/mol. The summed E-state index contributed by atoms with van der Waals surface area (Å²) in [4.78, 5) is 3.04. The minimum atomic E-state index is 0.254. The SMILES string of the molecule is NC(=S)c1[nH]c(=S)sc1N. The van der Waals surface area contributed by atoms with Gasteiger partial charge in [0.1, 0.15) is 15.7 Å². The number of nitrogen functional groups attached to an aromatic ring is 1. The summed E-state index contributed by atoms with van der Waals surface area (Å²) < 4.78 is 0.598. The van der Waals surface area contributed by atoms with Crippen LogP contribution in [0.15, 0.2) is 0 Å². The van der Waals surface area contributed by atoms with E-state index in [1.165, 1.54) is 11.3 Å². The summed E-state index contributed by atoms with van der Waals surface area (Å²) in [5.41, 5.74) is 11.4. The predicted molar refractivity (Wildman–Crippen MR) is 49.8 cm³/mol. The Morgan fingerprint density at radius 2 is 2.20 bits per heavy atom. The number of thiazole rings is 1. The van der Waals surface area contributed by atoms with Crippen molar-refractivity contribution in [2.24, 2.45) is 5.73 Å². The summed E-state index contributed by atoms with van der Waals surface area (Å²) >= 11 is 10.8. The fourth-order valence-electron chi connectivity index (χ4n) is 0.523. The fourth-order valence-corrected chi connectivity index (χ4v) is 1.74. The van der Waals surface area contributed by atoms with Gasteiger partial charge in [-0.2, -0.15) is 0 Å². The van der Waals surface area contributed by atoms with Crippen molar-refractivity contribution >= 4 is 45.8 Å². The van der Waals surface area contributed by atoms with Crippen LogP contribution in [-0.4, -0.2) is 9.97 Å². The minimum Gasteiger partial charge on any atom is -0.389 e. The van der Waals surface area contributed by atoms with E-state index in [4.69, 9.17) is 23.7 Å². The number of thiocarbonyl (C=S) groups is 1. The lowest BCUT2D eigenvalue weighted by atomic mass is 10.5. The van der Waals surface area contributed by atoms with Crippen LogP contribution in [0.25, 0.3) is 0 Å². The normalized spacial score (nSPS) is 9.60. The molecule has 0 aliphatic rings. The molecule has 1 aromatic heterocycles. The van der Waals surface area contributed by atoms with Crippen LogP contribution in [0.5, 0.6) is 0 Å². The third-order valence-corrected chi connectivity index (χ3v) is 2.19. The maximum Gasteiger partial charge on any atom is 0.160 e. The number of nitrogens with one attached hydrogen (secondary N) is 1. The van der Waals surface area contributed by atoms with Gasteiger partial charge in [-0.25, -0.2) is 0 Å². The second-order valence-electron chi connectivity index (χ2n) is 1.62. The van der Waals surface area contributed by atoms with Gasteiger partial charge >= 0.3 is 0 Å². The molecule has 0 saturated carbocycles. The molecule has 5 N–H and O–H groups in total. The molecule has 0 aromatic carbocycles. The van der Waals surface area contributed by atoms with Gasteiger partial charge in [-0.3, -0.25) is 0 Å². The summed E-state index contributed by atoms with van der Waals surface area (Å²) in [6, 6.07) is 0. The van der Waals surface area contributed by atoms with Crippen molar-refractivity contribution < 1.29 is 0 Å². The lowest BCUT2D eigenvalue weighted by Gasteiger charge is -1.91. The Balaban J connectivity index is 3.28. The third kappa shape index (κ3) is 1.34. The number of hydrogen-bond donors (Lipinski definition) is 3. The van der Waals surface area contributed by atoms with Gasteiger partial charge in [0, 0.05) is 0 Å². The average molecular weight is 191 g/mol. The molecule has 0 saturated heterocycles. The minimum absolute atomic E-state index is 0.254. The predicted octanol–water partition coefficient (Wildman–Crippen LogP) is 1.02. The maximum absolute atomic E-state index is 5.50. The molecule has 3 nitrogen and oxygen atoms in total. The van der Waals surface area contributed by atoms with Crippen molar-refractivity contribution in [3.05, 3.63) is 9.65 Å². The lowest BCUT2D eigenvalue weighted by molar-refractivity contribution is 1.36. The van der Waals surface area contributed by atoms with E-state index in [0.29, 0.717) is 14.6 Å². The Morgan fingerprint density at radius 1 is 1.60 bits per heavy atom. The molecule has 0 unspecified atom stereocenters. The highest BCUT2D eigenvalue weighted by Gasteiger charge is 2.03. The van der Waals surface area contributed by atoms with Crippen LogP contribution in [0.2, 0.25) is 0 Å². The second-order valence-corrected chi connectivity index (χ2v) is 3.78. The summed E-state index contributed by atoms with van der Waals surface area (Å²) in [7, 11) is 0. The van der Waals surface area contributed by atoms with Gasteiger partial charge in [0.2, 0.25) is 0 Å². The van der Waals surface area contributed by atoms with Crippen LogP contribution in [0.3, 0.4) is 0 Å². The molecule has 0 atom stereocenters. The monoisotopic (exact) mass is 191 g/mol. The molecule has 0 aliphatic carbocycles. The highest BCUT2D eigenvalue weighted by atomic mass is 32.1. The quantitative estimate of drug-likeness (QED) is 0.580. The highest BCUT2D eigenvalue weighted by Crippen LogP contribution is 2.16. The number of H-pyrrole nitrogens is 1. The van der Waals surface area contributed by atoms with Crippen molar-refractivity contribution in [1.82, 2.24) is 4.98 Å². The van der Waals surface area contributed by atoms with Crippen LogP contribution in [0.4, 0.5) is 5.00 Å². The van der Waals surface area contributed by atoms with Crippen molar-refractivity contribution in [3.8, 4) is 0 Å². The van der Waals surface area contributed by atoms with Crippen LogP contribution in [0, 0.1) is 3.95 Å². The van der Waals surface area contributed by atoms with Gasteiger partial charge in [0.15, 0.2) is 3.95 Å². The Kier molecular flexibility index (Phi) is 2.02. The summed E-state index contributed by atoms with van der Waals surface area (Å²) in [5.74, 6) is 0. The molecular formula is C4H5N3S3. The number of aromatic nitrogens is 1. The summed E-state index contributed by atoms with van der Waals surface area (Å²) in [6.45, 7) is 0. The number of nitrogens with two attached hydrogens (primary N) is 2. The van der Waals surface area contributed by atoms with Gasteiger partial charge in [-0.15, -0.1) is 0 Å². The Morgan fingerprint density at radius 3 is 2.40 bits per heavy atom. The smallest absolute Gasteiger partial charge is 0.160 e. The largest absolute Gasteiger partial charge is 0.389 e. The van der Waals surface area contributed by atoms with E-state index in [1.54, 1.807) is 0 Å². The van der Waals surface area contributed by atoms with E-state index in [9.17, 15) is 0 Å². The average Bonchev–Trinajstić information content (AvgIpc) is 2.10. The lowest BCUT2D eigenvalue weighted by Crippen LogP contribution is -2.11. The van der Waals surface area contributed by atoms with Crippen molar-refractivity contribution in [3.63, 3.8) is 0 Å². The first-order valence-electron chi connectivity index (χ1n) is 2.39. The molecule has 0 fully saturated rings. The zero-order valence-electron chi connectivity index (χ0n) is 4.88. The van der Waals surface area contributed by atoms with E-state index in [1.807, 2.05) is 0 Å². The molecule has 1 heterocycles. The third-order valence-electron chi connectivity index (χ3n) is 0.923. The number of aromatic amines is 1. The molecule has 10 heavy (non-hydrogen) atoms. The highest BCUT2D eigenvalue weighted by molar-refractivity contribution is 7.80. The molecule has 0 bridgehead atoms. The van der Waals surface area contributed by atoms with Crippen LogP contribution >= 0.6 is 35.8 Å². The van der Waals surface area contributed by atoms with Crippen molar-refractivity contribution in [2.45, 2.75) is 0 Å². The number of anilines is 1. The van der Waals surface area contributed by atoms with E-state index in [2.05, 4.69) is 17.2 Å². The first-order valence-corrected chi connectivity index (χ1v) is 4.03. The number of rotatable bonds is 1. The molecule has 0 aliphatic heterocycles. The first kappa shape index (κ1) is 7.64. The van der Waals surface area contributed by atoms with Crippen molar-refractivity contribution in [1.29, 1.82) is 0 Å². The zero-order chi connectivity index (χ0) is 7.72. The molecule has 54 valence electrons. The van der Waals surface area contributed by atoms with E-state index in [0.717, 1.165) is 0 Å². The molecule has 0 radical (unpaired) electrons. The maximum atomic E-state index is 5.50. The van der Waals surface area contributed by atoms with Crippen LogP contribution in [-0.2, 0) is 0 Å². The van der Waals surface area contributed by atoms with Crippen LogP contribution < -0.4 is 11.5 Å². The van der Waals surface area contributed by atoms with E-state index >= 15 is 0 Å². The summed E-state index contributed by atoms with van der Waals surface area (Å²) in [6.07, 6.45) is 0. The zero-order valence-corrected chi connectivity index (χ0v) is 7.33. The standard InChI is InChI=1S/C4H5N3S3/c5-2(8)1-3(6)10-4(9)7-1/h6H2,(H2,5,8)(H,7,9). The van der Waals surface area contributed by atoms with Gasteiger partial charge in [-0.1, -0.05) is 23.6 Å². The molecule has 6 heteroatoms.